The van der Waals surface area contributed by atoms with Crippen molar-refractivity contribution in [3.8, 4) is 17.2 Å². The van der Waals surface area contributed by atoms with E-state index in [0.717, 1.165) is 18.5 Å². The predicted molar refractivity (Wildman–Crippen MR) is 135 cm³/mol. The van der Waals surface area contributed by atoms with Gasteiger partial charge in [0.05, 0.1) is 46.4 Å². The molecule has 0 aliphatic carbocycles. The van der Waals surface area contributed by atoms with Gasteiger partial charge in [0.15, 0.2) is 17.3 Å². The molecule has 10 nitrogen and oxygen atoms in total. The Kier molecular flexibility index (Phi) is 7.87. The van der Waals surface area contributed by atoms with Gasteiger partial charge in [-0.15, -0.1) is 0 Å². The first-order valence-corrected chi connectivity index (χ1v) is 12.2. The lowest BCUT2D eigenvalue weighted by atomic mass is 9.94. The third kappa shape index (κ3) is 5.64. The lowest BCUT2D eigenvalue weighted by molar-refractivity contribution is -0.140. The molecule has 1 aliphatic heterocycles. The van der Waals surface area contributed by atoms with Crippen LogP contribution in [-0.2, 0) is 29.0 Å². The number of nitrogens with zero attached hydrogens (tertiary/aromatic N) is 3. The number of carbonyl (C=O) groups excluding carboxylic acids is 1. The van der Waals surface area contributed by atoms with Gasteiger partial charge in [-0.3, -0.25) is 19.2 Å². The molecular weight excluding hydrogens is 478 g/mol. The average Bonchev–Trinajstić information content (AvgIpc) is 3.39. The second-order valence-electron chi connectivity index (χ2n) is 9.41. The van der Waals surface area contributed by atoms with Gasteiger partial charge in [-0.05, 0) is 43.5 Å². The van der Waals surface area contributed by atoms with E-state index in [4.69, 9.17) is 18.6 Å². The van der Waals surface area contributed by atoms with Crippen LogP contribution in [0.15, 0.2) is 39.8 Å². The molecule has 0 fully saturated rings. The first-order chi connectivity index (χ1) is 17.7. The van der Waals surface area contributed by atoms with Crippen molar-refractivity contribution in [3.63, 3.8) is 0 Å². The number of aromatic nitrogens is 2. The number of hydrogen-bond acceptors (Lipinski definition) is 9. The van der Waals surface area contributed by atoms with E-state index >= 15 is 0 Å². The molecule has 0 bridgehead atoms. The van der Waals surface area contributed by atoms with E-state index in [1.54, 1.807) is 31.3 Å². The van der Waals surface area contributed by atoms with Gasteiger partial charge in [-0.1, -0.05) is 0 Å². The van der Waals surface area contributed by atoms with Crippen LogP contribution in [0.25, 0.3) is 0 Å². The van der Waals surface area contributed by atoms with Gasteiger partial charge in [-0.2, -0.15) is 5.10 Å². The molecule has 0 spiro atoms. The van der Waals surface area contributed by atoms with Gasteiger partial charge in [0.2, 0.25) is 11.2 Å². The van der Waals surface area contributed by atoms with Gasteiger partial charge < -0.3 is 23.7 Å². The highest BCUT2D eigenvalue weighted by Crippen LogP contribution is 2.35. The van der Waals surface area contributed by atoms with Crippen LogP contribution in [0.4, 0.5) is 0 Å². The number of esters is 1. The molecule has 3 heterocycles. The van der Waals surface area contributed by atoms with Crippen molar-refractivity contribution in [2.75, 3.05) is 27.9 Å². The molecule has 3 aromatic rings. The van der Waals surface area contributed by atoms with Crippen LogP contribution < -0.4 is 14.9 Å². The minimum absolute atomic E-state index is 0.0278. The van der Waals surface area contributed by atoms with Crippen molar-refractivity contribution < 1.29 is 28.5 Å². The molecule has 0 amide bonds. The molecule has 198 valence electrons. The van der Waals surface area contributed by atoms with Crippen LogP contribution in [-0.4, -0.2) is 53.6 Å². The Labute approximate surface area is 215 Å². The first-order valence-electron chi connectivity index (χ1n) is 12.2. The van der Waals surface area contributed by atoms with Crippen molar-refractivity contribution in [1.82, 2.24) is 14.7 Å². The fraction of sp³-hybridized carbons (Fsp3) is 0.444. The Morgan fingerprint density at radius 2 is 1.84 bits per heavy atom. The number of ether oxygens (including phenoxy) is 3. The standard InChI is InChI=1S/C27H33N3O7/c1-16(2)30-14-19(12-28-30)21(11-25(32)36-5)27-26(33)22(31)10-20(37-27)15-29-7-6-17-8-23(34-3)24(35-4)9-18(17)13-29/h8-10,12,14,16,21,33H,6-7,11,13,15H2,1-5H3. The first kappa shape index (κ1) is 26.3. The van der Waals surface area contributed by atoms with Crippen molar-refractivity contribution in [1.29, 1.82) is 0 Å². The smallest absolute Gasteiger partial charge is 0.306 e. The minimum Gasteiger partial charge on any atom is -0.502 e. The molecule has 0 radical (unpaired) electrons. The van der Waals surface area contributed by atoms with Crippen LogP contribution in [0.3, 0.4) is 0 Å². The zero-order chi connectivity index (χ0) is 26.7. The van der Waals surface area contributed by atoms with E-state index in [9.17, 15) is 14.7 Å². The van der Waals surface area contributed by atoms with Gasteiger partial charge in [-0.25, -0.2) is 0 Å². The van der Waals surface area contributed by atoms with E-state index in [2.05, 4.69) is 10.00 Å². The third-order valence-corrected chi connectivity index (χ3v) is 6.64. The summed E-state index contributed by atoms with van der Waals surface area (Å²) in [5, 5.41) is 15.0. The SMILES string of the molecule is COC(=O)CC(c1cnn(C(C)C)c1)c1oc(CN2CCc3cc(OC)c(OC)cc3C2)cc(=O)c1O. The maximum absolute atomic E-state index is 12.8. The predicted octanol–water partition coefficient (Wildman–Crippen LogP) is 3.39. The molecule has 1 aromatic carbocycles. The van der Waals surface area contributed by atoms with Crippen molar-refractivity contribution in [2.45, 2.75) is 51.7 Å². The molecule has 4 rings (SSSR count). The van der Waals surface area contributed by atoms with Gasteiger partial charge in [0, 0.05) is 37.0 Å². The monoisotopic (exact) mass is 511 g/mol. The summed E-state index contributed by atoms with van der Waals surface area (Å²) < 4.78 is 23.6. The lowest BCUT2D eigenvalue weighted by Gasteiger charge is -2.29. The number of fused-ring (bicyclic) bond motifs is 1. The maximum atomic E-state index is 12.8. The second kappa shape index (κ2) is 11.1. The van der Waals surface area contributed by atoms with Gasteiger partial charge in [0.25, 0.3) is 0 Å². The number of hydrogen-bond donors (Lipinski definition) is 1. The Balaban J connectivity index is 1.64. The highest BCUT2D eigenvalue weighted by atomic mass is 16.5. The summed E-state index contributed by atoms with van der Waals surface area (Å²) >= 11 is 0. The van der Waals surface area contributed by atoms with E-state index < -0.39 is 23.1 Å². The molecular formula is C27H33N3O7. The fourth-order valence-electron chi connectivity index (χ4n) is 4.59. The summed E-state index contributed by atoms with van der Waals surface area (Å²) in [6, 6.07) is 5.37. The Morgan fingerprint density at radius 1 is 1.14 bits per heavy atom. The minimum atomic E-state index is -0.730. The molecule has 0 saturated carbocycles. The largest absolute Gasteiger partial charge is 0.502 e. The number of rotatable bonds is 9. The molecule has 1 unspecified atom stereocenters. The van der Waals surface area contributed by atoms with Crippen LogP contribution in [0.2, 0.25) is 0 Å². The van der Waals surface area contributed by atoms with Crippen molar-refractivity contribution in [2.24, 2.45) is 0 Å². The van der Waals surface area contributed by atoms with E-state index in [-0.39, 0.29) is 18.2 Å². The quantitative estimate of drug-likeness (QED) is 0.432. The zero-order valence-corrected chi connectivity index (χ0v) is 21.8. The Morgan fingerprint density at radius 3 is 2.46 bits per heavy atom. The number of carbonyl (C=O) groups is 1. The topological polar surface area (TPSA) is 116 Å². The highest BCUT2D eigenvalue weighted by Gasteiger charge is 2.29. The summed E-state index contributed by atoms with van der Waals surface area (Å²) in [5.41, 5.74) is 2.37. The van der Waals surface area contributed by atoms with Gasteiger partial charge >= 0.3 is 5.97 Å². The normalized spacial score (nSPS) is 14.3. The zero-order valence-electron chi connectivity index (χ0n) is 21.8. The Bertz CT molecular complexity index is 1330. The number of benzene rings is 1. The summed E-state index contributed by atoms with van der Waals surface area (Å²) in [5.74, 6) is 0.0391. The molecule has 10 heteroatoms. The molecule has 37 heavy (non-hydrogen) atoms. The van der Waals surface area contributed by atoms with Crippen molar-refractivity contribution in [3.05, 3.63) is 69.0 Å². The number of aromatic hydroxyl groups is 1. The van der Waals surface area contributed by atoms with Crippen LogP contribution >= 0.6 is 0 Å². The summed E-state index contributed by atoms with van der Waals surface area (Å²) in [6.45, 7) is 5.68. The summed E-state index contributed by atoms with van der Waals surface area (Å²) in [7, 11) is 4.51. The fourth-order valence-corrected chi connectivity index (χ4v) is 4.59. The van der Waals surface area contributed by atoms with Gasteiger partial charge in [0.1, 0.15) is 5.76 Å². The Hall–Kier alpha value is -3.79. The van der Waals surface area contributed by atoms with Crippen LogP contribution in [0.5, 0.6) is 17.2 Å². The summed E-state index contributed by atoms with van der Waals surface area (Å²) in [4.78, 5) is 27.2. The molecule has 2 aromatic heterocycles. The highest BCUT2D eigenvalue weighted by molar-refractivity contribution is 5.71. The molecule has 1 N–H and O–H groups in total. The van der Waals surface area contributed by atoms with E-state index in [1.807, 2.05) is 26.0 Å². The molecule has 0 saturated heterocycles. The number of methoxy groups -OCH3 is 3. The molecule has 1 atom stereocenters. The van der Waals surface area contributed by atoms with Crippen LogP contribution in [0, 0.1) is 0 Å². The molecule has 1 aliphatic rings. The maximum Gasteiger partial charge on any atom is 0.306 e. The van der Waals surface area contributed by atoms with Crippen LogP contribution in [0.1, 0.15) is 60.4 Å². The third-order valence-electron chi connectivity index (χ3n) is 6.64. The van der Waals surface area contributed by atoms with E-state index in [1.165, 1.54) is 18.7 Å². The summed E-state index contributed by atoms with van der Waals surface area (Å²) in [6.07, 6.45) is 4.08. The van der Waals surface area contributed by atoms with Crippen molar-refractivity contribution >= 4 is 5.97 Å². The second-order valence-corrected chi connectivity index (χ2v) is 9.41. The lowest BCUT2D eigenvalue weighted by Crippen LogP contribution is -2.30. The van der Waals surface area contributed by atoms with E-state index in [0.29, 0.717) is 35.9 Å². The average molecular weight is 512 g/mol.